The molecule has 17 heavy (non-hydrogen) atoms. The smallest absolute Gasteiger partial charge is 0.244 e. The number of sulfonamides is 1. The van der Waals surface area contributed by atoms with Gasteiger partial charge in [0, 0.05) is 13.1 Å². The van der Waals surface area contributed by atoms with Crippen LogP contribution in [0.1, 0.15) is 13.8 Å². The third-order valence-corrected chi connectivity index (χ3v) is 5.36. The maximum absolute atomic E-state index is 12.2. The van der Waals surface area contributed by atoms with Crippen LogP contribution in [0.25, 0.3) is 0 Å². The van der Waals surface area contributed by atoms with Crippen LogP contribution < -0.4 is 5.73 Å². The van der Waals surface area contributed by atoms with Crippen LogP contribution in [0.15, 0.2) is 17.0 Å². The first-order valence-electron chi connectivity index (χ1n) is 5.09. The zero-order valence-electron chi connectivity index (χ0n) is 9.57. The van der Waals surface area contributed by atoms with Crippen LogP contribution in [0.2, 0.25) is 10.0 Å². The number of hydrogen-bond donors (Lipinski definition) is 1. The standard InChI is InChI=1S/C10H14Cl2N2O2S/c1-3-14(4-2)17(15,16)8-6-5-7(11)10(13)9(8)12/h5-6H,3-4,13H2,1-2H3. The van der Waals surface area contributed by atoms with E-state index in [2.05, 4.69) is 0 Å². The predicted octanol–water partition coefficient (Wildman–Crippen LogP) is 2.61. The lowest BCUT2D eigenvalue weighted by molar-refractivity contribution is 0.445. The van der Waals surface area contributed by atoms with Gasteiger partial charge in [-0.2, -0.15) is 4.31 Å². The molecule has 0 aromatic heterocycles. The number of benzene rings is 1. The van der Waals surface area contributed by atoms with Crippen LogP contribution in [0.4, 0.5) is 5.69 Å². The van der Waals surface area contributed by atoms with Crippen molar-refractivity contribution in [2.45, 2.75) is 18.7 Å². The molecule has 1 rings (SSSR count). The highest BCUT2D eigenvalue weighted by Gasteiger charge is 2.25. The second-order valence-electron chi connectivity index (χ2n) is 3.36. The van der Waals surface area contributed by atoms with Crippen molar-refractivity contribution in [3.8, 4) is 0 Å². The van der Waals surface area contributed by atoms with Crippen LogP contribution in [0, 0.1) is 0 Å². The third-order valence-electron chi connectivity index (χ3n) is 2.41. The molecule has 0 amide bonds. The Labute approximate surface area is 111 Å². The molecule has 0 aliphatic rings. The number of anilines is 1. The summed E-state index contributed by atoms with van der Waals surface area (Å²) in [5.74, 6) is 0. The summed E-state index contributed by atoms with van der Waals surface area (Å²) in [5.41, 5.74) is 5.70. The van der Waals surface area contributed by atoms with Gasteiger partial charge in [-0.05, 0) is 12.1 Å². The summed E-state index contributed by atoms with van der Waals surface area (Å²) in [6.07, 6.45) is 0. The van der Waals surface area contributed by atoms with Crippen LogP contribution >= 0.6 is 23.2 Å². The van der Waals surface area contributed by atoms with E-state index in [9.17, 15) is 8.42 Å². The Morgan fingerprint density at radius 2 is 1.76 bits per heavy atom. The fourth-order valence-electron chi connectivity index (χ4n) is 1.45. The Kier molecular flexibility index (Phi) is 4.66. The number of hydrogen-bond acceptors (Lipinski definition) is 3. The van der Waals surface area contributed by atoms with Crippen molar-refractivity contribution < 1.29 is 8.42 Å². The molecule has 1 aromatic rings. The molecule has 0 fully saturated rings. The number of nitrogen functional groups attached to an aromatic ring is 1. The van der Waals surface area contributed by atoms with Gasteiger partial charge in [0.1, 0.15) is 4.90 Å². The van der Waals surface area contributed by atoms with Gasteiger partial charge in [-0.25, -0.2) is 8.42 Å². The zero-order chi connectivity index (χ0) is 13.2. The first kappa shape index (κ1) is 14.6. The van der Waals surface area contributed by atoms with Crippen molar-refractivity contribution >= 4 is 38.9 Å². The van der Waals surface area contributed by atoms with Crippen molar-refractivity contribution in [3.05, 3.63) is 22.2 Å². The summed E-state index contributed by atoms with van der Waals surface area (Å²) in [4.78, 5) is -0.00948. The lowest BCUT2D eigenvalue weighted by atomic mass is 10.3. The molecule has 0 aliphatic carbocycles. The van der Waals surface area contributed by atoms with Crippen molar-refractivity contribution in [2.75, 3.05) is 18.8 Å². The summed E-state index contributed by atoms with van der Waals surface area (Å²) in [6, 6.07) is 2.80. The minimum atomic E-state index is -3.61. The van der Waals surface area contributed by atoms with Gasteiger partial charge in [0.2, 0.25) is 10.0 Å². The van der Waals surface area contributed by atoms with Gasteiger partial charge in [0.15, 0.2) is 0 Å². The summed E-state index contributed by atoms with van der Waals surface area (Å²) in [5, 5.41) is 0.220. The van der Waals surface area contributed by atoms with E-state index in [-0.39, 0.29) is 20.6 Å². The molecule has 0 atom stereocenters. The number of rotatable bonds is 4. The van der Waals surface area contributed by atoms with Crippen molar-refractivity contribution in [3.63, 3.8) is 0 Å². The molecule has 2 N–H and O–H groups in total. The van der Waals surface area contributed by atoms with E-state index in [4.69, 9.17) is 28.9 Å². The number of nitrogens with zero attached hydrogens (tertiary/aromatic N) is 1. The average Bonchev–Trinajstić information content (AvgIpc) is 2.27. The average molecular weight is 297 g/mol. The van der Waals surface area contributed by atoms with E-state index in [1.165, 1.54) is 16.4 Å². The SMILES string of the molecule is CCN(CC)S(=O)(=O)c1ccc(Cl)c(N)c1Cl. The molecule has 0 saturated carbocycles. The Bertz CT molecular complexity index is 513. The van der Waals surface area contributed by atoms with Crippen LogP contribution in [-0.4, -0.2) is 25.8 Å². The lowest BCUT2D eigenvalue weighted by Crippen LogP contribution is -2.30. The van der Waals surface area contributed by atoms with Crippen LogP contribution in [-0.2, 0) is 10.0 Å². The van der Waals surface area contributed by atoms with Gasteiger partial charge in [0.25, 0.3) is 0 Å². The Balaban J connectivity index is 3.40. The van der Waals surface area contributed by atoms with Gasteiger partial charge < -0.3 is 5.73 Å². The van der Waals surface area contributed by atoms with Gasteiger partial charge in [-0.1, -0.05) is 37.0 Å². The molecule has 0 aliphatic heterocycles. The highest BCUT2D eigenvalue weighted by Crippen LogP contribution is 2.34. The van der Waals surface area contributed by atoms with Gasteiger partial charge in [0.05, 0.1) is 15.7 Å². The molecular weight excluding hydrogens is 283 g/mol. The maximum atomic E-state index is 12.2. The number of nitrogens with two attached hydrogens (primary N) is 1. The second-order valence-corrected chi connectivity index (χ2v) is 6.05. The van der Waals surface area contributed by atoms with E-state index >= 15 is 0 Å². The topological polar surface area (TPSA) is 63.4 Å². The van der Waals surface area contributed by atoms with Crippen molar-refractivity contribution in [1.29, 1.82) is 0 Å². The normalized spacial score (nSPS) is 12.1. The van der Waals surface area contributed by atoms with E-state index in [1.807, 2.05) is 0 Å². The van der Waals surface area contributed by atoms with Gasteiger partial charge in [-0.3, -0.25) is 0 Å². The Morgan fingerprint density at radius 3 is 2.24 bits per heavy atom. The zero-order valence-corrected chi connectivity index (χ0v) is 11.9. The molecule has 4 nitrogen and oxygen atoms in total. The minimum Gasteiger partial charge on any atom is -0.396 e. The molecule has 0 saturated heterocycles. The third kappa shape index (κ3) is 2.68. The van der Waals surface area contributed by atoms with Crippen LogP contribution in [0.3, 0.4) is 0 Å². The second kappa shape index (κ2) is 5.44. The molecule has 0 heterocycles. The van der Waals surface area contributed by atoms with Gasteiger partial charge in [-0.15, -0.1) is 0 Å². The van der Waals surface area contributed by atoms with Gasteiger partial charge >= 0.3 is 0 Å². The summed E-state index contributed by atoms with van der Waals surface area (Å²) in [7, 11) is -3.61. The first-order chi connectivity index (χ1) is 7.86. The summed E-state index contributed by atoms with van der Waals surface area (Å²) >= 11 is 11.7. The molecule has 0 radical (unpaired) electrons. The molecule has 7 heteroatoms. The maximum Gasteiger partial charge on any atom is 0.244 e. The fraction of sp³-hybridized carbons (Fsp3) is 0.400. The molecule has 0 spiro atoms. The van der Waals surface area contributed by atoms with E-state index in [0.29, 0.717) is 13.1 Å². The summed E-state index contributed by atoms with van der Waals surface area (Å²) in [6.45, 7) is 4.26. The monoisotopic (exact) mass is 296 g/mol. The molecule has 96 valence electrons. The number of halogens is 2. The first-order valence-corrected chi connectivity index (χ1v) is 7.29. The Hall–Kier alpha value is -0.490. The van der Waals surface area contributed by atoms with E-state index in [0.717, 1.165) is 0 Å². The molecule has 0 unspecified atom stereocenters. The molecule has 0 bridgehead atoms. The highest BCUT2D eigenvalue weighted by molar-refractivity contribution is 7.89. The quantitative estimate of drug-likeness (QED) is 0.869. The van der Waals surface area contributed by atoms with E-state index in [1.54, 1.807) is 13.8 Å². The Morgan fingerprint density at radius 1 is 1.24 bits per heavy atom. The minimum absolute atomic E-state index is 0.00948. The molecular formula is C10H14Cl2N2O2S. The molecule has 1 aromatic carbocycles. The van der Waals surface area contributed by atoms with Crippen molar-refractivity contribution in [2.24, 2.45) is 0 Å². The lowest BCUT2D eigenvalue weighted by Gasteiger charge is -2.19. The summed E-state index contributed by atoms with van der Waals surface area (Å²) < 4.78 is 25.8. The largest absolute Gasteiger partial charge is 0.396 e. The van der Waals surface area contributed by atoms with Crippen molar-refractivity contribution in [1.82, 2.24) is 4.31 Å². The van der Waals surface area contributed by atoms with Crippen LogP contribution in [0.5, 0.6) is 0 Å². The fourth-order valence-corrected chi connectivity index (χ4v) is 3.65. The van der Waals surface area contributed by atoms with E-state index < -0.39 is 10.0 Å². The highest BCUT2D eigenvalue weighted by atomic mass is 35.5. The predicted molar refractivity (Wildman–Crippen MR) is 71.0 cm³/mol.